The van der Waals surface area contributed by atoms with Crippen LogP contribution in [0.15, 0.2) is 23.3 Å². The summed E-state index contributed by atoms with van der Waals surface area (Å²) < 4.78 is 10.4. The molecule has 1 aromatic rings. The molecule has 1 rings (SSSR count). The quantitative estimate of drug-likeness (QED) is 0.450. The topological polar surface area (TPSA) is 77.0 Å². The summed E-state index contributed by atoms with van der Waals surface area (Å²) in [6.45, 7) is 9.48. The Morgan fingerprint density at radius 1 is 1.21 bits per heavy atom. The van der Waals surface area contributed by atoms with Gasteiger partial charge in [0.1, 0.15) is 5.75 Å². The molecule has 24 heavy (non-hydrogen) atoms. The Kier molecular flexibility index (Phi) is 7.95. The molecule has 0 aliphatic rings. The Balaban J connectivity index is 2.54. The van der Waals surface area contributed by atoms with Crippen LogP contribution in [-0.2, 0) is 14.3 Å². The van der Waals surface area contributed by atoms with Crippen LogP contribution in [0.4, 0.5) is 0 Å². The van der Waals surface area contributed by atoms with E-state index < -0.39 is 5.92 Å². The first-order valence-corrected chi connectivity index (χ1v) is 8.08. The van der Waals surface area contributed by atoms with Crippen LogP contribution in [-0.4, -0.2) is 30.8 Å². The number of nitrogens with zero attached hydrogens (tertiary/aromatic N) is 1. The first-order valence-electron chi connectivity index (χ1n) is 8.08. The fraction of sp³-hybridized carbons (Fsp3) is 0.500. The van der Waals surface area contributed by atoms with E-state index in [1.54, 1.807) is 13.8 Å². The van der Waals surface area contributed by atoms with Gasteiger partial charge in [-0.05, 0) is 57.4 Å². The molecule has 0 fully saturated rings. The van der Waals surface area contributed by atoms with E-state index in [0.717, 1.165) is 11.1 Å². The van der Waals surface area contributed by atoms with E-state index in [2.05, 4.69) is 10.5 Å². The average molecular weight is 334 g/mol. The van der Waals surface area contributed by atoms with Crippen molar-refractivity contribution in [2.24, 2.45) is 11.0 Å². The molecule has 0 bridgehead atoms. The minimum atomic E-state index is -0.453. The molecule has 0 saturated carbocycles. The molecule has 6 nitrogen and oxygen atoms in total. The normalized spacial score (nSPS) is 12.5. The van der Waals surface area contributed by atoms with Crippen LogP contribution in [0.5, 0.6) is 5.75 Å². The molecule has 1 aromatic carbocycles. The summed E-state index contributed by atoms with van der Waals surface area (Å²) in [6, 6.07) is 5.64. The first kappa shape index (κ1) is 19.7. The Morgan fingerprint density at radius 2 is 1.92 bits per heavy atom. The number of hydrogen-bond acceptors (Lipinski definition) is 5. The number of nitrogens with one attached hydrogen (secondary N) is 1. The van der Waals surface area contributed by atoms with Gasteiger partial charge >= 0.3 is 5.97 Å². The third kappa shape index (κ3) is 6.02. The highest BCUT2D eigenvalue weighted by atomic mass is 16.5. The molecule has 6 heteroatoms. The molecule has 0 radical (unpaired) electrons. The highest BCUT2D eigenvalue weighted by Gasteiger charge is 2.21. The summed E-state index contributed by atoms with van der Waals surface area (Å²) in [7, 11) is 0. The van der Waals surface area contributed by atoms with Crippen LogP contribution in [0.3, 0.4) is 0 Å². The van der Waals surface area contributed by atoms with E-state index in [1.165, 1.54) is 0 Å². The second kappa shape index (κ2) is 9.70. The maximum atomic E-state index is 11.8. The largest absolute Gasteiger partial charge is 0.484 e. The number of carbonyl (C=O) groups excluding carboxylic acids is 2. The molecule has 0 aromatic heterocycles. The molecule has 0 aliphatic carbocycles. The van der Waals surface area contributed by atoms with Gasteiger partial charge in [0, 0.05) is 5.71 Å². The monoisotopic (exact) mass is 334 g/mol. The zero-order chi connectivity index (χ0) is 18.1. The second-order valence-corrected chi connectivity index (χ2v) is 5.54. The maximum Gasteiger partial charge on any atom is 0.314 e. The zero-order valence-electron chi connectivity index (χ0n) is 15.0. The van der Waals surface area contributed by atoms with Gasteiger partial charge in [-0.1, -0.05) is 13.0 Å². The lowest BCUT2D eigenvalue weighted by Crippen LogP contribution is -2.29. The molecule has 1 N–H and O–H groups in total. The summed E-state index contributed by atoms with van der Waals surface area (Å²) in [6.07, 6.45) is 0.559. The van der Waals surface area contributed by atoms with E-state index >= 15 is 0 Å². The number of hydrogen-bond donors (Lipinski definition) is 1. The van der Waals surface area contributed by atoms with E-state index in [9.17, 15) is 9.59 Å². The number of hydrazone groups is 1. The lowest BCUT2D eigenvalue weighted by molar-refractivity contribution is -0.145. The van der Waals surface area contributed by atoms with Crippen molar-refractivity contribution >= 4 is 17.6 Å². The Hall–Kier alpha value is -2.37. The summed E-state index contributed by atoms with van der Waals surface area (Å²) in [4.78, 5) is 23.6. The molecule has 1 atom stereocenters. The number of amides is 1. The molecule has 0 unspecified atom stereocenters. The standard InChI is InChI=1S/C18H26N2O4/c1-6-16(18(22)23-7-2)14(5)19-20-17(21)11-24-15-9-8-12(3)13(4)10-15/h8-10,16H,6-7,11H2,1-5H3,(H,20,21)/b19-14+/t16-/m0/s1. The average Bonchev–Trinajstić information content (AvgIpc) is 2.55. The molecule has 0 heterocycles. The highest BCUT2D eigenvalue weighted by Crippen LogP contribution is 2.16. The van der Waals surface area contributed by atoms with Crippen molar-refractivity contribution in [3.8, 4) is 5.75 Å². The Labute approximate surface area is 143 Å². The van der Waals surface area contributed by atoms with Gasteiger partial charge in [0.05, 0.1) is 12.5 Å². The smallest absolute Gasteiger partial charge is 0.314 e. The van der Waals surface area contributed by atoms with Crippen LogP contribution in [0.1, 0.15) is 38.3 Å². The van der Waals surface area contributed by atoms with E-state index in [4.69, 9.17) is 9.47 Å². The molecule has 0 aliphatic heterocycles. The SMILES string of the molecule is CCOC(=O)[C@@H](CC)/C(C)=N/NC(=O)COc1ccc(C)c(C)c1. The summed E-state index contributed by atoms with van der Waals surface area (Å²) >= 11 is 0. The van der Waals surface area contributed by atoms with Crippen LogP contribution < -0.4 is 10.2 Å². The van der Waals surface area contributed by atoms with Crippen molar-refractivity contribution in [2.45, 2.75) is 41.0 Å². The predicted molar refractivity (Wildman–Crippen MR) is 93.1 cm³/mol. The summed E-state index contributed by atoms with van der Waals surface area (Å²) in [5.41, 5.74) is 5.18. The van der Waals surface area contributed by atoms with Crippen molar-refractivity contribution in [3.05, 3.63) is 29.3 Å². The zero-order valence-corrected chi connectivity index (χ0v) is 15.0. The van der Waals surface area contributed by atoms with Crippen LogP contribution in [0, 0.1) is 19.8 Å². The summed E-state index contributed by atoms with van der Waals surface area (Å²) in [5.74, 6) is -0.536. The van der Waals surface area contributed by atoms with Gasteiger partial charge < -0.3 is 9.47 Å². The van der Waals surface area contributed by atoms with Gasteiger partial charge in [-0.15, -0.1) is 0 Å². The minimum Gasteiger partial charge on any atom is -0.484 e. The molecule has 132 valence electrons. The Bertz CT molecular complexity index is 611. The van der Waals surface area contributed by atoms with Crippen molar-refractivity contribution in [1.82, 2.24) is 5.43 Å². The first-order chi connectivity index (χ1) is 11.4. The van der Waals surface area contributed by atoms with E-state index in [-0.39, 0.29) is 18.5 Å². The van der Waals surface area contributed by atoms with Crippen molar-refractivity contribution in [2.75, 3.05) is 13.2 Å². The van der Waals surface area contributed by atoms with Crippen LogP contribution in [0.25, 0.3) is 0 Å². The number of rotatable bonds is 8. The number of ether oxygens (including phenoxy) is 2. The van der Waals surface area contributed by atoms with Crippen molar-refractivity contribution in [1.29, 1.82) is 0 Å². The van der Waals surface area contributed by atoms with Crippen LogP contribution in [0.2, 0.25) is 0 Å². The fourth-order valence-corrected chi connectivity index (χ4v) is 2.09. The molecular weight excluding hydrogens is 308 g/mol. The Morgan fingerprint density at radius 3 is 2.50 bits per heavy atom. The molecular formula is C18H26N2O4. The van der Waals surface area contributed by atoms with E-state index in [0.29, 0.717) is 24.5 Å². The van der Waals surface area contributed by atoms with Crippen molar-refractivity contribution in [3.63, 3.8) is 0 Å². The summed E-state index contributed by atoms with van der Waals surface area (Å²) in [5, 5.41) is 3.98. The number of carbonyl (C=O) groups is 2. The fourth-order valence-electron chi connectivity index (χ4n) is 2.09. The van der Waals surface area contributed by atoms with E-state index in [1.807, 2.05) is 39.0 Å². The predicted octanol–water partition coefficient (Wildman–Crippen LogP) is 2.76. The van der Waals surface area contributed by atoms with Gasteiger partial charge in [-0.25, -0.2) is 5.43 Å². The number of esters is 1. The second-order valence-electron chi connectivity index (χ2n) is 5.54. The van der Waals surface area contributed by atoms with Crippen molar-refractivity contribution < 1.29 is 19.1 Å². The van der Waals surface area contributed by atoms with Crippen LogP contribution >= 0.6 is 0 Å². The molecule has 0 spiro atoms. The lowest BCUT2D eigenvalue weighted by Gasteiger charge is -2.13. The third-order valence-electron chi connectivity index (χ3n) is 3.69. The number of aryl methyl sites for hydroxylation is 2. The maximum absolute atomic E-state index is 11.8. The number of benzene rings is 1. The van der Waals surface area contributed by atoms with Gasteiger partial charge in [0.25, 0.3) is 5.91 Å². The van der Waals surface area contributed by atoms with Gasteiger partial charge in [0.2, 0.25) is 0 Å². The van der Waals surface area contributed by atoms with Gasteiger partial charge in [0.15, 0.2) is 6.61 Å². The molecule has 0 saturated heterocycles. The van der Waals surface area contributed by atoms with Gasteiger partial charge in [-0.2, -0.15) is 5.10 Å². The minimum absolute atomic E-state index is 0.143. The lowest BCUT2D eigenvalue weighted by atomic mass is 10.0. The molecule has 1 amide bonds. The third-order valence-corrected chi connectivity index (χ3v) is 3.69. The van der Waals surface area contributed by atoms with Gasteiger partial charge in [-0.3, -0.25) is 9.59 Å². The highest BCUT2D eigenvalue weighted by molar-refractivity contribution is 6.01.